The summed E-state index contributed by atoms with van der Waals surface area (Å²) in [6.07, 6.45) is 0.555. The van der Waals surface area contributed by atoms with Crippen molar-refractivity contribution in [1.29, 1.82) is 0 Å². The summed E-state index contributed by atoms with van der Waals surface area (Å²) in [5.41, 5.74) is 1.47. The minimum Gasteiger partial charge on any atom is -0.480 e. The van der Waals surface area contributed by atoms with Crippen molar-refractivity contribution in [3.05, 3.63) is 65.2 Å². The quantitative estimate of drug-likeness (QED) is 0.758. The summed E-state index contributed by atoms with van der Waals surface area (Å²) >= 11 is 0. The van der Waals surface area contributed by atoms with Crippen LogP contribution in [-0.2, 0) is 14.8 Å². The fraction of sp³-hybridized carbons (Fsp3) is 0.286. The third-order valence-electron chi connectivity index (χ3n) is 4.46. The molecule has 0 spiro atoms. The zero-order chi connectivity index (χ0) is 21.6. The van der Waals surface area contributed by atoms with Gasteiger partial charge in [-0.3, -0.25) is 9.59 Å². The van der Waals surface area contributed by atoms with Crippen molar-refractivity contribution in [2.24, 2.45) is 4.40 Å². The molecule has 1 aliphatic rings. The van der Waals surface area contributed by atoms with Crippen molar-refractivity contribution in [3.8, 4) is 0 Å². The molecule has 0 fully saturated rings. The number of nitrogens with zero attached hydrogens (tertiary/aromatic N) is 1. The van der Waals surface area contributed by atoms with E-state index in [-0.39, 0.29) is 47.4 Å². The van der Waals surface area contributed by atoms with E-state index in [9.17, 15) is 18.0 Å². The molecule has 0 unspecified atom stereocenters. The molecule has 3 rings (SSSR count). The molecule has 0 saturated carbocycles. The molecule has 1 aliphatic heterocycles. The number of ether oxygens (including phenoxy) is 1. The topological polar surface area (TPSA) is 114 Å². The number of hydrogen-bond donors (Lipinski definition) is 2. The van der Waals surface area contributed by atoms with Crippen molar-refractivity contribution in [2.75, 3.05) is 19.7 Å². The Morgan fingerprint density at radius 3 is 2.13 bits per heavy atom. The average Bonchev–Trinajstić information content (AvgIpc) is 2.73. The highest BCUT2D eigenvalue weighted by Crippen LogP contribution is 2.14. The van der Waals surface area contributed by atoms with E-state index >= 15 is 0 Å². The number of hydrogen-bond acceptors (Lipinski definition) is 5. The number of nitrogens with one attached hydrogen (secondary N) is 2. The van der Waals surface area contributed by atoms with Crippen LogP contribution in [0.25, 0.3) is 0 Å². The van der Waals surface area contributed by atoms with Gasteiger partial charge in [-0.15, -0.1) is 4.40 Å². The van der Waals surface area contributed by atoms with E-state index in [1.54, 1.807) is 36.4 Å². The highest BCUT2D eigenvalue weighted by molar-refractivity contribution is 7.90. The molecule has 0 aromatic heterocycles. The van der Waals surface area contributed by atoms with E-state index in [1.165, 1.54) is 12.1 Å². The van der Waals surface area contributed by atoms with E-state index in [0.717, 1.165) is 5.56 Å². The number of benzene rings is 2. The molecule has 158 valence electrons. The van der Waals surface area contributed by atoms with Crippen molar-refractivity contribution >= 4 is 27.7 Å². The lowest BCUT2D eigenvalue weighted by Crippen LogP contribution is -2.30. The molecule has 0 radical (unpaired) electrons. The molecular weight excluding hydrogens is 406 g/mol. The van der Waals surface area contributed by atoms with Gasteiger partial charge in [0.05, 0.1) is 22.6 Å². The fourth-order valence-electron chi connectivity index (χ4n) is 2.86. The van der Waals surface area contributed by atoms with Crippen LogP contribution in [0.2, 0.25) is 0 Å². The SMILES string of the molecule is Cc1ccc(S(=O)(=O)/N=C2\CCNC(=O)c3ccccc3C(=O)NCCCO2)cc1. The molecule has 2 N–H and O–H groups in total. The summed E-state index contributed by atoms with van der Waals surface area (Å²) in [5.74, 6) is -0.772. The minimum absolute atomic E-state index is 0.00901. The number of fused-ring (bicyclic) bond motifs is 1. The van der Waals surface area contributed by atoms with Crippen LogP contribution in [0.4, 0.5) is 0 Å². The van der Waals surface area contributed by atoms with Gasteiger partial charge in [-0.2, -0.15) is 8.42 Å². The van der Waals surface area contributed by atoms with E-state index in [4.69, 9.17) is 4.74 Å². The summed E-state index contributed by atoms with van der Waals surface area (Å²) < 4.78 is 34.6. The molecule has 8 nitrogen and oxygen atoms in total. The molecule has 2 amide bonds. The number of aryl methyl sites for hydroxylation is 1. The number of carbonyl (C=O) groups is 2. The molecule has 0 aliphatic carbocycles. The van der Waals surface area contributed by atoms with Crippen LogP contribution >= 0.6 is 0 Å². The molecule has 2 aromatic carbocycles. The van der Waals surface area contributed by atoms with Gasteiger partial charge in [0.1, 0.15) is 0 Å². The molecule has 0 saturated heterocycles. The van der Waals surface area contributed by atoms with Crippen LogP contribution in [0.15, 0.2) is 57.8 Å². The predicted octanol–water partition coefficient (Wildman–Crippen LogP) is 2.05. The van der Waals surface area contributed by atoms with E-state index in [1.807, 2.05) is 6.92 Å². The maximum absolute atomic E-state index is 12.6. The van der Waals surface area contributed by atoms with Crippen molar-refractivity contribution in [1.82, 2.24) is 10.6 Å². The zero-order valence-electron chi connectivity index (χ0n) is 16.6. The van der Waals surface area contributed by atoms with E-state index < -0.39 is 15.9 Å². The molecule has 1 heterocycles. The van der Waals surface area contributed by atoms with Crippen LogP contribution in [0, 0.1) is 6.92 Å². The largest absolute Gasteiger partial charge is 0.480 e. The third-order valence-corrected chi connectivity index (χ3v) is 5.77. The first-order valence-corrected chi connectivity index (χ1v) is 11.0. The molecule has 9 heteroatoms. The minimum atomic E-state index is -3.94. The van der Waals surface area contributed by atoms with Crippen LogP contribution in [0.5, 0.6) is 0 Å². The Morgan fingerprint density at radius 1 is 0.900 bits per heavy atom. The van der Waals surface area contributed by atoms with Gasteiger partial charge in [0.25, 0.3) is 21.8 Å². The number of amides is 2. The Kier molecular flexibility index (Phi) is 6.83. The molecule has 2 aromatic rings. The first-order chi connectivity index (χ1) is 14.4. The highest BCUT2D eigenvalue weighted by Gasteiger charge is 2.19. The maximum Gasteiger partial charge on any atom is 0.285 e. The lowest BCUT2D eigenvalue weighted by molar-refractivity contribution is 0.0919. The standard InChI is InChI=1S/C21H23N3O5S/c1-15-7-9-16(10-8-15)30(27,28)24-19-11-13-23-21(26)18-6-3-2-5-17(18)20(25)22-12-4-14-29-19/h2-3,5-10H,4,11-14H2,1H3,(H,22,25)(H,23,26)/b24-19+. The molecular formula is C21H23N3O5S. The second-order valence-corrected chi connectivity index (χ2v) is 8.39. The summed E-state index contributed by atoms with van der Waals surface area (Å²) in [4.78, 5) is 24.9. The van der Waals surface area contributed by atoms with Crippen LogP contribution in [0.1, 0.15) is 39.1 Å². The summed E-state index contributed by atoms with van der Waals surface area (Å²) in [7, 11) is -3.94. The van der Waals surface area contributed by atoms with Gasteiger partial charge in [0, 0.05) is 19.5 Å². The second-order valence-electron chi connectivity index (χ2n) is 6.78. The first kappa shape index (κ1) is 21.5. The molecule has 0 bridgehead atoms. The Balaban J connectivity index is 1.81. The first-order valence-electron chi connectivity index (χ1n) is 9.55. The van der Waals surface area contributed by atoms with Crippen LogP contribution < -0.4 is 10.6 Å². The van der Waals surface area contributed by atoms with Crippen molar-refractivity contribution in [2.45, 2.75) is 24.7 Å². The fourth-order valence-corrected chi connectivity index (χ4v) is 3.86. The molecule has 0 atom stereocenters. The van der Waals surface area contributed by atoms with Gasteiger partial charge in [-0.1, -0.05) is 29.8 Å². The summed E-state index contributed by atoms with van der Waals surface area (Å²) in [6.45, 7) is 2.46. The van der Waals surface area contributed by atoms with Gasteiger partial charge in [0.2, 0.25) is 5.90 Å². The van der Waals surface area contributed by atoms with Gasteiger partial charge in [0.15, 0.2) is 0 Å². The average molecular weight is 429 g/mol. The molecule has 30 heavy (non-hydrogen) atoms. The third kappa shape index (κ3) is 5.44. The number of rotatable bonds is 2. The van der Waals surface area contributed by atoms with Gasteiger partial charge < -0.3 is 15.4 Å². The van der Waals surface area contributed by atoms with Crippen LogP contribution in [0.3, 0.4) is 0 Å². The second kappa shape index (κ2) is 9.53. The number of carbonyl (C=O) groups excluding carboxylic acids is 2. The van der Waals surface area contributed by atoms with Gasteiger partial charge in [-0.25, -0.2) is 0 Å². The lowest BCUT2D eigenvalue weighted by atomic mass is 10.1. The zero-order valence-corrected chi connectivity index (χ0v) is 17.4. The summed E-state index contributed by atoms with van der Waals surface area (Å²) in [6, 6.07) is 12.9. The van der Waals surface area contributed by atoms with Gasteiger partial charge in [-0.05, 0) is 37.6 Å². The normalized spacial score (nSPS) is 17.4. The Bertz CT molecular complexity index is 1060. The highest BCUT2D eigenvalue weighted by atomic mass is 32.2. The van der Waals surface area contributed by atoms with Crippen LogP contribution in [-0.4, -0.2) is 45.8 Å². The lowest BCUT2D eigenvalue weighted by Gasteiger charge is -2.10. The smallest absolute Gasteiger partial charge is 0.285 e. The number of sulfonamides is 1. The Morgan fingerprint density at radius 2 is 1.50 bits per heavy atom. The van der Waals surface area contributed by atoms with E-state index in [0.29, 0.717) is 13.0 Å². The Hall–Kier alpha value is -3.20. The predicted molar refractivity (Wildman–Crippen MR) is 112 cm³/mol. The monoisotopic (exact) mass is 429 g/mol. The van der Waals surface area contributed by atoms with Crippen molar-refractivity contribution in [3.63, 3.8) is 0 Å². The van der Waals surface area contributed by atoms with E-state index in [2.05, 4.69) is 15.0 Å². The maximum atomic E-state index is 12.6. The summed E-state index contributed by atoms with van der Waals surface area (Å²) in [5, 5.41) is 5.42. The van der Waals surface area contributed by atoms with Crippen molar-refractivity contribution < 1.29 is 22.7 Å². The Labute approximate surface area is 175 Å². The van der Waals surface area contributed by atoms with Gasteiger partial charge >= 0.3 is 0 Å².